The number of carbonyl (C=O) groups excluding carboxylic acids is 3. The van der Waals surface area contributed by atoms with E-state index in [0.717, 1.165) is 5.56 Å². The van der Waals surface area contributed by atoms with Crippen molar-refractivity contribution in [2.75, 3.05) is 23.8 Å². The number of nitrogens with one attached hydrogen (secondary N) is 3. The minimum Gasteiger partial charge on any atom is -0.352 e. The van der Waals surface area contributed by atoms with Crippen LogP contribution in [0.15, 0.2) is 42.5 Å². The van der Waals surface area contributed by atoms with E-state index in [1.165, 1.54) is 52.9 Å². The second-order valence-corrected chi connectivity index (χ2v) is 8.15. The first kappa shape index (κ1) is 24.1. The number of hydrogen-bond acceptors (Lipinski definition) is 4. The van der Waals surface area contributed by atoms with Gasteiger partial charge in [-0.05, 0) is 54.4 Å². The number of benzene rings is 2. The van der Waals surface area contributed by atoms with Crippen LogP contribution in [0.3, 0.4) is 0 Å². The molecular formula is C23H21ClF2N6O3. The summed E-state index contributed by atoms with van der Waals surface area (Å²) in [5, 5.41) is 8.42. The Morgan fingerprint density at radius 1 is 1.11 bits per heavy atom. The molecule has 0 radical (unpaired) electrons. The van der Waals surface area contributed by atoms with E-state index in [0.29, 0.717) is 29.4 Å². The lowest BCUT2D eigenvalue weighted by Crippen LogP contribution is -2.37. The summed E-state index contributed by atoms with van der Waals surface area (Å²) in [4.78, 5) is 42.2. The Kier molecular flexibility index (Phi) is 6.97. The van der Waals surface area contributed by atoms with Gasteiger partial charge in [0.2, 0.25) is 11.7 Å². The van der Waals surface area contributed by atoms with Gasteiger partial charge in [-0.2, -0.15) is 0 Å². The molecule has 2 aromatic carbocycles. The number of rotatable bonds is 2. The molecule has 35 heavy (non-hydrogen) atoms. The highest BCUT2D eigenvalue weighted by molar-refractivity contribution is 6.30. The van der Waals surface area contributed by atoms with Gasteiger partial charge >= 0.3 is 6.03 Å². The number of carbonyl (C=O) groups is 3. The summed E-state index contributed by atoms with van der Waals surface area (Å²) in [5.74, 6) is -1.01. The molecule has 4 amide bonds. The first-order chi connectivity index (χ1) is 16.8. The quantitative estimate of drug-likeness (QED) is 0.500. The fourth-order valence-corrected chi connectivity index (χ4v) is 3.91. The molecule has 9 nitrogen and oxygen atoms in total. The van der Waals surface area contributed by atoms with Gasteiger partial charge in [-0.25, -0.2) is 18.6 Å². The Morgan fingerprint density at radius 3 is 2.51 bits per heavy atom. The molecule has 3 aromatic rings. The minimum absolute atomic E-state index is 0.0488. The van der Waals surface area contributed by atoms with Crippen molar-refractivity contribution in [2.24, 2.45) is 0 Å². The topological polar surface area (TPSA) is 108 Å². The van der Waals surface area contributed by atoms with E-state index in [4.69, 9.17) is 11.6 Å². The third-order valence-corrected chi connectivity index (χ3v) is 5.72. The summed E-state index contributed by atoms with van der Waals surface area (Å²) in [6, 6.07) is 9.53. The van der Waals surface area contributed by atoms with E-state index in [9.17, 15) is 23.2 Å². The molecule has 3 heterocycles. The predicted octanol–water partition coefficient (Wildman–Crippen LogP) is 3.09. The van der Waals surface area contributed by atoms with Gasteiger partial charge in [-0.1, -0.05) is 11.6 Å². The normalized spacial score (nSPS) is 13.7. The molecular weight excluding hydrogens is 482 g/mol. The van der Waals surface area contributed by atoms with E-state index >= 15 is 0 Å². The highest BCUT2D eigenvalue weighted by atomic mass is 35.5. The van der Waals surface area contributed by atoms with Crippen LogP contribution < -0.4 is 20.9 Å². The van der Waals surface area contributed by atoms with Crippen LogP contribution in [0.1, 0.15) is 21.9 Å². The van der Waals surface area contributed by atoms with Crippen LogP contribution in [0, 0.1) is 11.6 Å². The van der Waals surface area contributed by atoms with Crippen molar-refractivity contribution < 1.29 is 23.2 Å². The lowest BCUT2D eigenvalue weighted by atomic mass is 10.2. The molecule has 1 aromatic heterocycles. The Labute approximate surface area is 204 Å². The lowest BCUT2D eigenvalue weighted by Gasteiger charge is -2.20. The molecule has 0 spiro atoms. The van der Waals surface area contributed by atoms with Gasteiger partial charge in [-0.15, -0.1) is 0 Å². The molecule has 12 heteroatoms. The Balaban J connectivity index is 0.000000308. The minimum atomic E-state index is -0.451. The number of hydrogen-bond donors (Lipinski definition) is 3. The Morgan fingerprint density at radius 2 is 1.83 bits per heavy atom. The summed E-state index contributed by atoms with van der Waals surface area (Å²) in [6.45, 7) is 0.521. The van der Waals surface area contributed by atoms with Crippen LogP contribution in [0.2, 0.25) is 5.02 Å². The number of imidazole rings is 1. The van der Waals surface area contributed by atoms with Gasteiger partial charge in [0.1, 0.15) is 18.2 Å². The molecule has 0 bridgehead atoms. The third-order valence-electron chi connectivity index (χ3n) is 5.47. The van der Waals surface area contributed by atoms with Gasteiger partial charge in [-0.3, -0.25) is 19.8 Å². The average Bonchev–Trinajstić information content (AvgIpc) is 3.41. The van der Waals surface area contributed by atoms with Gasteiger partial charge in [0, 0.05) is 24.3 Å². The largest absolute Gasteiger partial charge is 0.352 e. The average molecular weight is 503 g/mol. The second-order valence-electron chi connectivity index (χ2n) is 7.71. The number of aromatic nitrogens is 2. The van der Waals surface area contributed by atoms with E-state index in [1.807, 2.05) is 0 Å². The van der Waals surface area contributed by atoms with Crippen LogP contribution in [0.5, 0.6) is 0 Å². The fraction of sp³-hybridized carbons (Fsp3) is 0.217. The Bertz CT molecular complexity index is 1270. The van der Waals surface area contributed by atoms with Crippen LogP contribution in [0.4, 0.5) is 25.1 Å². The van der Waals surface area contributed by atoms with E-state index in [2.05, 4.69) is 20.9 Å². The van der Waals surface area contributed by atoms with Crippen molar-refractivity contribution in [1.82, 2.24) is 20.2 Å². The van der Waals surface area contributed by atoms with Crippen molar-refractivity contribution in [2.45, 2.75) is 19.5 Å². The molecule has 0 fully saturated rings. The molecule has 182 valence electrons. The molecule has 0 saturated carbocycles. The smallest absolute Gasteiger partial charge is 0.327 e. The molecule has 0 unspecified atom stereocenters. The first-order valence-electron chi connectivity index (χ1n) is 10.6. The highest BCUT2D eigenvalue weighted by Gasteiger charge is 2.30. The number of urea groups is 1. The molecule has 0 saturated heterocycles. The summed E-state index contributed by atoms with van der Waals surface area (Å²) < 4.78 is 26.9. The van der Waals surface area contributed by atoms with Gasteiger partial charge < -0.3 is 15.2 Å². The number of amides is 4. The molecule has 0 aliphatic carbocycles. The second kappa shape index (κ2) is 10.1. The lowest BCUT2D eigenvalue weighted by molar-refractivity contribution is -0.122. The maximum absolute atomic E-state index is 13.4. The van der Waals surface area contributed by atoms with E-state index < -0.39 is 11.9 Å². The summed E-state index contributed by atoms with van der Waals surface area (Å²) in [5.41, 5.74) is 1.94. The van der Waals surface area contributed by atoms with Gasteiger partial charge in [0.25, 0.3) is 5.91 Å². The van der Waals surface area contributed by atoms with Crippen molar-refractivity contribution in [3.8, 4) is 0 Å². The van der Waals surface area contributed by atoms with Crippen LogP contribution in [-0.4, -0.2) is 41.0 Å². The first-order valence-corrected chi connectivity index (χ1v) is 11.0. The van der Waals surface area contributed by atoms with Crippen molar-refractivity contribution in [3.63, 3.8) is 0 Å². The molecule has 0 atom stereocenters. The zero-order chi connectivity index (χ0) is 25.1. The maximum atomic E-state index is 13.4. The van der Waals surface area contributed by atoms with Crippen LogP contribution in [-0.2, 0) is 24.3 Å². The number of anilines is 2. The molecule has 3 N–H and O–H groups in total. The highest BCUT2D eigenvalue weighted by Crippen LogP contribution is 2.29. The van der Waals surface area contributed by atoms with E-state index in [-0.39, 0.29) is 42.3 Å². The molecule has 2 aliphatic rings. The zero-order valence-corrected chi connectivity index (χ0v) is 19.3. The summed E-state index contributed by atoms with van der Waals surface area (Å²) in [6.07, 6.45) is 0.557. The number of fused-ring (bicyclic) bond motifs is 2. The van der Waals surface area contributed by atoms with Gasteiger partial charge in [0.15, 0.2) is 5.82 Å². The predicted molar refractivity (Wildman–Crippen MR) is 125 cm³/mol. The molecule has 2 aliphatic heterocycles. The zero-order valence-electron chi connectivity index (χ0n) is 18.6. The van der Waals surface area contributed by atoms with E-state index in [1.54, 1.807) is 6.07 Å². The fourth-order valence-electron chi connectivity index (χ4n) is 3.78. The third kappa shape index (κ3) is 5.24. The number of halogens is 3. The monoisotopic (exact) mass is 502 g/mol. The van der Waals surface area contributed by atoms with Crippen molar-refractivity contribution in [3.05, 3.63) is 76.2 Å². The van der Waals surface area contributed by atoms with Crippen LogP contribution in [0.25, 0.3) is 0 Å². The maximum Gasteiger partial charge on any atom is 0.327 e. The number of nitrogens with zero attached hydrogens (tertiary/aromatic N) is 3. The molecule has 5 rings (SSSR count). The standard InChI is InChI=1S/C17H17FN6O3.C6H4ClF/c1-19-16(26)15-21-14(12-7-20-13(25)8-24(12)15)22-17(27)23-5-4-9-6-10(18)2-3-11(9)23;7-5-1-3-6(8)4-2-5/h2-3,6H,4-5,7-8H2,1H3,(H,19,26)(H,20,25)(H,22,27);1-4H. The Hall–Kier alpha value is -3.99. The van der Waals surface area contributed by atoms with Crippen molar-refractivity contribution >= 4 is 41.0 Å². The van der Waals surface area contributed by atoms with Gasteiger partial charge in [0.05, 0.1) is 12.2 Å². The summed E-state index contributed by atoms with van der Waals surface area (Å²) in [7, 11) is 1.46. The van der Waals surface area contributed by atoms with Crippen LogP contribution >= 0.6 is 11.6 Å². The summed E-state index contributed by atoms with van der Waals surface area (Å²) >= 11 is 5.44. The van der Waals surface area contributed by atoms with Crippen molar-refractivity contribution in [1.29, 1.82) is 0 Å². The SMILES string of the molecule is CNC(=O)c1nc(NC(=O)N2CCc3cc(F)ccc32)c2n1CC(=O)NC2.Fc1ccc(Cl)cc1.